The van der Waals surface area contributed by atoms with Crippen LogP contribution in [0.5, 0.6) is 0 Å². The lowest BCUT2D eigenvalue weighted by molar-refractivity contribution is -0.308. The molecule has 3 aromatic carbocycles. The Kier molecular flexibility index (Phi) is 11.9. The quantitative estimate of drug-likeness (QED) is 0.237. The fourth-order valence-corrected chi connectivity index (χ4v) is 8.32. The molecule has 0 spiro atoms. The summed E-state index contributed by atoms with van der Waals surface area (Å²) in [4.78, 5) is 25.6. The minimum atomic E-state index is -3.60. The molecule has 0 saturated heterocycles. The van der Waals surface area contributed by atoms with E-state index in [0.29, 0.717) is 40.5 Å². The van der Waals surface area contributed by atoms with Crippen LogP contribution in [-0.4, -0.2) is 43.6 Å². The Labute approximate surface area is 260 Å². The van der Waals surface area contributed by atoms with Crippen molar-refractivity contribution in [3.05, 3.63) is 89.5 Å². The van der Waals surface area contributed by atoms with Crippen LogP contribution in [0, 0.1) is 12.8 Å². The Hall–Kier alpha value is -3.10. The molecule has 0 aromatic heterocycles. The number of carbonyl (C=O) groups is 2. The molecule has 1 amide bonds. The van der Waals surface area contributed by atoms with Crippen molar-refractivity contribution < 1.29 is 23.1 Å². The molecule has 2 atom stereocenters. The second-order valence-electron chi connectivity index (χ2n) is 11.6. The number of rotatable bonds is 14. The molecule has 1 unspecified atom stereocenters. The van der Waals surface area contributed by atoms with Gasteiger partial charge in [-0.15, -0.1) is 0 Å². The lowest BCUT2D eigenvalue weighted by Gasteiger charge is -2.25. The van der Waals surface area contributed by atoms with Crippen LogP contribution in [0.4, 0.5) is 0 Å². The number of hydrogen-bond donors (Lipinski definition) is 1. The standard InChI is InChI=1S/C35H43NO5S2/c1-25-11-9-10-16-30(25)32-24-27(18-20-31(32)34(37)36-33(35(38)39)21-22-42-2)23-29(19-17-26-12-5-3-6-13-26)43(40,41)28-14-7-4-8-15-28/h4,7-11,14-16,18,20,24,26,29,33H,3,5-6,12-13,17,19,21-23H2,1-2H3,(H,36,37)(H,38,39)/p-1/t29?,33-/m0/s1. The first-order valence-electron chi connectivity index (χ1n) is 15.2. The van der Waals surface area contributed by atoms with Gasteiger partial charge in [0.1, 0.15) is 0 Å². The molecule has 4 rings (SSSR count). The molecule has 230 valence electrons. The molecule has 3 aromatic rings. The molecule has 43 heavy (non-hydrogen) atoms. The zero-order valence-electron chi connectivity index (χ0n) is 25.1. The molecule has 0 heterocycles. The van der Waals surface area contributed by atoms with Gasteiger partial charge >= 0.3 is 0 Å². The van der Waals surface area contributed by atoms with Gasteiger partial charge in [-0.3, -0.25) is 4.79 Å². The van der Waals surface area contributed by atoms with Crippen molar-refractivity contribution in [3.8, 4) is 11.1 Å². The highest BCUT2D eigenvalue weighted by Gasteiger charge is 2.29. The topological polar surface area (TPSA) is 103 Å². The van der Waals surface area contributed by atoms with Crippen molar-refractivity contribution >= 4 is 33.5 Å². The molecule has 8 heteroatoms. The van der Waals surface area contributed by atoms with Crippen LogP contribution in [0.3, 0.4) is 0 Å². The van der Waals surface area contributed by atoms with Crippen LogP contribution in [0.25, 0.3) is 11.1 Å². The number of amides is 1. The van der Waals surface area contributed by atoms with Gasteiger partial charge in [0, 0.05) is 5.56 Å². The first-order valence-corrected chi connectivity index (χ1v) is 18.1. The third-order valence-corrected chi connectivity index (χ3v) is 11.4. The first kappa shape index (κ1) is 32.8. The summed E-state index contributed by atoms with van der Waals surface area (Å²) in [6.45, 7) is 1.96. The summed E-state index contributed by atoms with van der Waals surface area (Å²) in [6.07, 6.45) is 9.89. The summed E-state index contributed by atoms with van der Waals surface area (Å²) in [7, 11) is -3.60. The molecule has 0 bridgehead atoms. The highest BCUT2D eigenvalue weighted by atomic mass is 32.2. The molecule has 1 fully saturated rings. The average molecular weight is 621 g/mol. The maximum atomic E-state index is 13.9. The second-order valence-corrected chi connectivity index (χ2v) is 14.8. The molecule has 0 aliphatic heterocycles. The van der Waals surface area contributed by atoms with Crippen molar-refractivity contribution in [2.75, 3.05) is 12.0 Å². The van der Waals surface area contributed by atoms with Gasteiger partial charge in [-0.05, 0) is 91.0 Å². The minimum Gasteiger partial charge on any atom is -0.548 e. The van der Waals surface area contributed by atoms with Gasteiger partial charge in [0.2, 0.25) is 0 Å². The molecule has 1 aliphatic rings. The van der Waals surface area contributed by atoms with E-state index in [4.69, 9.17) is 0 Å². The summed E-state index contributed by atoms with van der Waals surface area (Å²) >= 11 is 1.50. The molecule has 6 nitrogen and oxygen atoms in total. The molecule has 1 N–H and O–H groups in total. The van der Waals surface area contributed by atoms with E-state index in [2.05, 4.69) is 5.32 Å². The Morgan fingerprint density at radius 2 is 1.63 bits per heavy atom. The summed E-state index contributed by atoms with van der Waals surface area (Å²) < 4.78 is 27.9. The van der Waals surface area contributed by atoms with E-state index in [1.165, 1.54) is 31.0 Å². The van der Waals surface area contributed by atoms with Crippen LogP contribution < -0.4 is 10.4 Å². The number of nitrogens with one attached hydrogen (secondary N) is 1. The molecule has 0 radical (unpaired) electrons. The fourth-order valence-electron chi connectivity index (χ4n) is 6.06. The zero-order valence-corrected chi connectivity index (χ0v) is 26.7. The SMILES string of the molecule is CSCC[C@H](NC(=O)c1ccc(CC(CCC2CCCCC2)S(=O)(=O)c2ccccc2)cc1-c1ccccc1C)C(=O)[O-]. The Balaban J connectivity index is 1.69. The van der Waals surface area contributed by atoms with Crippen LogP contribution in [0.1, 0.15) is 72.9 Å². The van der Waals surface area contributed by atoms with E-state index >= 15 is 0 Å². The molecular formula is C35H42NO5S2-. The van der Waals surface area contributed by atoms with Gasteiger partial charge in [0.15, 0.2) is 9.84 Å². The predicted molar refractivity (Wildman–Crippen MR) is 173 cm³/mol. The monoisotopic (exact) mass is 620 g/mol. The van der Waals surface area contributed by atoms with Gasteiger partial charge in [0.05, 0.1) is 22.2 Å². The van der Waals surface area contributed by atoms with Crippen LogP contribution in [0.2, 0.25) is 0 Å². The number of aliphatic carboxylic acids is 1. The Morgan fingerprint density at radius 1 is 0.930 bits per heavy atom. The van der Waals surface area contributed by atoms with Gasteiger partial charge in [-0.1, -0.05) is 86.7 Å². The zero-order chi connectivity index (χ0) is 30.8. The fraction of sp³-hybridized carbons (Fsp3) is 0.429. The largest absolute Gasteiger partial charge is 0.548 e. The van der Waals surface area contributed by atoms with Gasteiger partial charge < -0.3 is 15.2 Å². The van der Waals surface area contributed by atoms with Crippen LogP contribution in [-0.2, 0) is 21.1 Å². The Bertz CT molecular complexity index is 1480. The van der Waals surface area contributed by atoms with Crippen molar-refractivity contribution in [3.63, 3.8) is 0 Å². The number of thioether (sulfide) groups is 1. The van der Waals surface area contributed by atoms with Gasteiger partial charge in [0.25, 0.3) is 5.91 Å². The second kappa shape index (κ2) is 15.6. The first-order chi connectivity index (χ1) is 20.7. The van der Waals surface area contributed by atoms with E-state index in [0.717, 1.165) is 36.0 Å². The minimum absolute atomic E-state index is 0.257. The van der Waals surface area contributed by atoms with E-state index in [9.17, 15) is 23.1 Å². The third kappa shape index (κ3) is 8.73. The number of hydrogen-bond acceptors (Lipinski definition) is 6. The third-order valence-electron chi connectivity index (χ3n) is 8.56. The number of benzene rings is 3. The maximum absolute atomic E-state index is 13.9. The van der Waals surface area contributed by atoms with Crippen molar-refractivity contribution in [2.45, 2.75) is 80.9 Å². The lowest BCUT2D eigenvalue weighted by Crippen LogP contribution is -2.48. The highest BCUT2D eigenvalue weighted by Crippen LogP contribution is 2.33. The normalized spacial score (nSPS) is 15.5. The number of carboxylic acids is 1. The summed E-state index contributed by atoms with van der Waals surface area (Å²) in [6, 6.07) is 20.7. The summed E-state index contributed by atoms with van der Waals surface area (Å²) in [5.74, 6) is -0.687. The van der Waals surface area contributed by atoms with E-state index in [1.807, 2.05) is 49.6 Å². The van der Waals surface area contributed by atoms with Crippen molar-refractivity contribution in [2.24, 2.45) is 5.92 Å². The van der Waals surface area contributed by atoms with Crippen molar-refractivity contribution in [1.29, 1.82) is 0 Å². The molecule has 1 aliphatic carbocycles. The average Bonchev–Trinajstić information content (AvgIpc) is 3.02. The van der Waals surface area contributed by atoms with Gasteiger partial charge in [-0.2, -0.15) is 11.8 Å². The smallest absolute Gasteiger partial charge is 0.252 e. The Morgan fingerprint density at radius 3 is 2.30 bits per heavy atom. The number of aryl methyl sites for hydroxylation is 1. The predicted octanol–water partition coefficient (Wildman–Crippen LogP) is 6.01. The van der Waals surface area contributed by atoms with Crippen LogP contribution >= 0.6 is 11.8 Å². The maximum Gasteiger partial charge on any atom is 0.252 e. The van der Waals surface area contributed by atoms with Gasteiger partial charge in [-0.25, -0.2) is 8.42 Å². The van der Waals surface area contributed by atoms with Crippen LogP contribution in [0.15, 0.2) is 77.7 Å². The van der Waals surface area contributed by atoms with E-state index in [1.54, 1.807) is 36.4 Å². The summed E-state index contributed by atoms with van der Waals surface area (Å²) in [5.41, 5.74) is 3.62. The summed E-state index contributed by atoms with van der Waals surface area (Å²) in [5, 5.41) is 13.8. The van der Waals surface area contributed by atoms with Crippen molar-refractivity contribution in [1.82, 2.24) is 5.32 Å². The number of carboxylic acid groups (broad SMARTS) is 1. The van der Waals surface area contributed by atoms with E-state index < -0.39 is 33.0 Å². The number of carbonyl (C=O) groups excluding carboxylic acids is 2. The highest BCUT2D eigenvalue weighted by molar-refractivity contribution is 7.98. The number of sulfone groups is 1. The lowest BCUT2D eigenvalue weighted by atomic mass is 9.85. The molecule has 1 saturated carbocycles. The molecular weight excluding hydrogens is 579 g/mol. The van der Waals surface area contributed by atoms with E-state index in [-0.39, 0.29) is 6.42 Å².